The first kappa shape index (κ1) is 21.8. The zero-order valence-electron chi connectivity index (χ0n) is 17.1. The molecular weight excluding hydrogens is 346 g/mol. The highest BCUT2D eigenvalue weighted by Crippen LogP contribution is 2.11. The summed E-state index contributed by atoms with van der Waals surface area (Å²) in [7, 11) is 0. The predicted octanol–water partition coefficient (Wildman–Crippen LogP) is 5.87. The van der Waals surface area contributed by atoms with Crippen molar-refractivity contribution in [2.45, 2.75) is 71.1 Å². The summed E-state index contributed by atoms with van der Waals surface area (Å²) in [6, 6.07) is 13.7. The Morgan fingerprint density at radius 1 is 0.857 bits per heavy atom. The van der Waals surface area contributed by atoms with Crippen LogP contribution in [0.3, 0.4) is 0 Å². The van der Waals surface area contributed by atoms with Crippen LogP contribution >= 0.6 is 0 Å². The van der Waals surface area contributed by atoms with Gasteiger partial charge in [0.05, 0.1) is 5.71 Å². The molecule has 0 saturated heterocycles. The van der Waals surface area contributed by atoms with Crippen molar-refractivity contribution >= 4 is 11.6 Å². The third-order valence-corrected chi connectivity index (χ3v) is 4.78. The molecule has 1 heterocycles. The minimum Gasteiger partial charge on any atom is -0.273 e. The van der Waals surface area contributed by atoms with Crippen LogP contribution in [-0.4, -0.2) is 16.6 Å². The van der Waals surface area contributed by atoms with E-state index >= 15 is 0 Å². The van der Waals surface area contributed by atoms with Crippen molar-refractivity contribution in [2.24, 2.45) is 5.10 Å². The molecule has 0 radical (unpaired) electrons. The molecule has 0 atom stereocenters. The average molecular weight is 380 g/mol. The number of hydrazone groups is 1. The van der Waals surface area contributed by atoms with E-state index in [2.05, 4.69) is 22.4 Å². The molecule has 0 aliphatic carbocycles. The number of nitrogens with zero attached hydrogens (tertiary/aromatic N) is 2. The summed E-state index contributed by atoms with van der Waals surface area (Å²) in [5, 5.41) is 4.40. The molecule has 4 heteroatoms. The fourth-order valence-corrected chi connectivity index (χ4v) is 3.16. The maximum atomic E-state index is 12.2. The van der Waals surface area contributed by atoms with Crippen LogP contribution in [0.4, 0.5) is 0 Å². The monoisotopic (exact) mass is 379 g/mol. The summed E-state index contributed by atoms with van der Waals surface area (Å²) in [5.74, 6) is -0.0275. The van der Waals surface area contributed by atoms with E-state index in [1.54, 1.807) is 12.4 Å². The summed E-state index contributed by atoms with van der Waals surface area (Å²) in [6.07, 6.45) is 15.2. The van der Waals surface area contributed by atoms with Gasteiger partial charge in [0, 0.05) is 29.9 Å². The van der Waals surface area contributed by atoms with Crippen molar-refractivity contribution in [1.29, 1.82) is 0 Å². The first-order valence-corrected chi connectivity index (χ1v) is 10.6. The van der Waals surface area contributed by atoms with Crippen LogP contribution in [0, 0.1) is 0 Å². The number of nitrogens with one attached hydrogen (secondary N) is 1. The Kier molecular flexibility index (Phi) is 10.6. The van der Waals surface area contributed by atoms with Crippen LogP contribution in [0.1, 0.15) is 82.3 Å². The Labute approximate surface area is 169 Å². The number of unbranched alkanes of at least 4 members (excludes halogenated alkanes) is 8. The zero-order chi connectivity index (χ0) is 19.9. The molecule has 0 saturated carbocycles. The fraction of sp³-hybridized carbons (Fsp3) is 0.458. The summed E-state index contributed by atoms with van der Waals surface area (Å²) in [4.78, 5) is 16.3. The second kappa shape index (κ2) is 13.6. The lowest BCUT2D eigenvalue weighted by Crippen LogP contribution is -2.20. The number of pyridine rings is 1. The molecule has 2 aromatic rings. The predicted molar refractivity (Wildman–Crippen MR) is 116 cm³/mol. The molecule has 1 aromatic heterocycles. The van der Waals surface area contributed by atoms with Crippen molar-refractivity contribution < 1.29 is 4.79 Å². The molecule has 1 amide bonds. The molecule has 0 aliphatic rings. The van der Waals surface area contributed by atoms with Gasteiger partial charge in [0.2, 0.25) is 5.91 Å². The van der Waals surface area contributed by atoms with Gasteiger partial charge in [-0.2, -0.15) is 5.10 Å². The third-order valence-electron chi connectivity index (χ3n) is 4.78. The van der Waals surface area contributed by atoms with Crippen LogP contribution in [0.2, 0.25) is 0 Å². The van der Waals surface area contributed by atoms with Gasteiger partial charge in [-0.3, -0.25) is 9.78 Å². The summed E-state index contributed by atoms with van der Waals surface area (Å²) in [5.41, 5.74) is 5.30. The van der Waals surface area contributed by atoms with Crippen molar-refractivity contribution in [1.82, 2.24) is 10.4 Å². The highest BCUT2D eigenvalue weighted by molar-refractivity contribution is 6.12. The van der Waals surface area contributed by atoms with Gasteiger partial charge in [0.15, 0.2) is 0 Å². The molecule has 1 N–H and O–H groups in total. The van der Waals surface area contributed by atoms with E-state index in [-0.39, 0.29) is 5.91 Å². The molecule has 4 nitrogen and oxygen atoms in total. The van der Waals surface area contributed by atoms with Gasteiger partial charge in [-0.25, -0.2) is 5.43 Å². The van der Waals surface area contributed by atoms with E-state index in [1.165, 1.54) is 44.9 Å². The molecule has 1 aromatic carbocycles. The van der Waals surface area contributed by atoms with E-state index in [9.17, 15) is 4.79 Å². The minimum absolute atomic E-state index is 0.0275. The average Bonchev–Trinajstić information content (AvgIpc) is 2.74. The number of carbonyl (C=O) groups excluding carboxylic acids is 1. The highest BCUT2D eigenvalue weighted by Gasteiger charge is 2.08. The Balaban J connectivity index is 1.75. The topological polar surface area (TPSA) is 54.4 Å². The number of carbonyl (C=O) groups is 1. The largest absolute Gasteiger partial charge is 0.273 e. The van der Waals surface area contributed by atoms with Crippen LogP contribution in [0.25, 0.3) is 0 Å². The number of hydrogen-bond donors (Lipinski definition) is 1. The molecule has 0 unspecified atom stereocenters. The first-order valence-electron chi connectivity index (χ1n) is 10.6. The molecule has 2 rings (SSSR count). The van der Waals surface area contributed by atoms with E-state index in [1.807, 2.05) is 42.5 Å². The standard InChI is InChI=1S/C24H33N3O/c1-2-3-4-5-6-7-8-9-13-18-23(28)26-27-24(21-15-11-10-12-16-21)22-17-14-19-25-20-22/h10-12,14-17,19-20H,2-9,13,18H2,1H3,(H,26,28)/b27-24+. The lowest BCUT2D eigenvalue weighted by atomic mass is 10.0. The van der Waals surface area contributed by atoms with E-state index in [0.717, 1.165) is 29.7 Å². The summed E-state index contributed by atoms with van der Waals surface area (Å²) >= 11 is 0. The second-order valence-corrected chi connectivity index (χ2v) is 7.18. The smallest absolute Gasteiger partial charge is 0.240 e. The Bertz CT molecular complexity index is 657. The quantitative estimate of drug-likeness (QED) is 0.269. The van der Waals surface area contributed by atoms with Gasteiger partial charge < -0.3 is 0 Å². The number of benzene rings is 1. The lowest BCUT2D eigenvalue weighted by molar-refractivity contribution is -0.121. The number of hydrogen-bond acceptors (Lipinski definition) is 3. The van der Waals surface area contributed by atoms with Gasteiger partial charge >= 0.3 is 0 Å². The maximum absolute atomic E-state index is 12.2. The van der Waals surface area contributed by atoms with Gasteiger partial charge in [0.25, 0.3) is 0 Å². The van der Waals surface area contributed by atoms with Gasteiger partial charge in [-0.15, -0.1) is 0 Å². The lowest BCUT2D eigenvalue weighted by Gasteiger charge is -2.07. The number of rotatable bonds is 13. The van der Waals surface area contributed by atoms with Gasteiger partial charge in [0.1, 0.15) is 0 Å². The molecule has 0 spiro atoms. The molecule has 0 fully saturated rings. The second-order valence-electron chi connectivity index (χ2n) is 7.18. The first-order chi connectivity index (χ1) is 13.8. The third kappa shape index (κ3) is 8.47. The zero-order valence-corrected chi connectivity index (χ0v) is 17.1. The van der Waals surface area contributed by atoms with Crippen molar-refractivity contribution in [3.63, 3.8) is 0 Å². The Hall–Kier alpha value is -2.49. The summed E-state index contributed by atoms with van der Waals surface area (Å²) in [6.45, 7) is 2.24. The SMILES string of the molecule is CCCCCCCCCCCC(=O)N/N=C(\c1ccccc1)c1cccnc1. The van der Waals surface area contributed by atoms with Gasteiger partial charge in [-0.1, -0.05) is 88.6 Å². The Morgan fingerprint density at radius 2 is 1.50 bits per heavy atom. The van der Waals surface area contributed by atoms with Crippen LogP contribution in [-0.2, 0) is 4.79 Å². The number of amides is 1. The molecule has 0 aliphatic heterocycles. The molecular formula is C24H33N3O. The fourth-order valence-electron chi connectivity index (χ4n) is 3.16. The minimum atomic E-state index is -0.0275. The number of aromatic nitrogens is 1. The maximum Gasteiger partial charge on any atom is 0.240 e. The van der Waals surface area contributed by atoms with Crippen LogP contribution in [0.15, 0.2) is 60.0 Å². The van der Waals surface area contributed by atoms with Crippen molar-refractivity contribution in [3.05, 3.63) is 66.0 Å². The van der Waals surface area contributed by atoms with Crippen molar-refractivity contribution in [2.75, 3.05) is 0 Å². The van der Waals surface area contributed by atoms with Crippen LogP contribution in [0.5, 0.6) is 0 Å². The highest BCUT2D eigenvalue weighted by atomic mass is 16.2. The summed E-state index contributed by atoms with van der Waals surface area (Å²) < 4.78 is 0. The molecule has 150 valence electrons. The molecule has 0 bridgehead atoms. The Morgan fingerprint density at radius 3 is 2.14 bits per heavy atom. The van der Waals surface area contributed by atoms with E-state index in [0.29, 0.717) is 6.42 Å². The van der Waals surface area contributed by atoms with Crippen molar-refractivity contribution in [3.8, 4) is 0 Å². The van der Waals surface area contributed by atoms with E-state index in [4.69, 9.17) is 0 Å². The molecule has 28 heavy (non-hydrogen) atoms. The van der Waals surface area contributed by atoms with Crippen LogP contribution < -0.4 is 5.43 Å². The normalized spacial score (nSPS) is 11.4. The van der Waals surface area contributed by atoms with Gasteiger partial charge in [-0.05, 0) is 18.6 Å². The van der Waals surface area contributed by atoms with E-state index < -0.39 is 0 Å².